The van der Waals surface area contributed by atoms with Gasteiger partial charge in [-0.2, -0.15) is 0 Å². The molecule has 0 fully saturated rings. The first-order valence-corrected chi connectivity index (χ1v) is 10.8. The number of ether oxygens (including phenoxy) is 1. The average Bonchev–Trinajstić information content (AvgIpc) is 2.91. The van der Waals surface area contributed by atoms with Gasteiger partial charge in [0, 0.05) is 6.92 Å². The van der Waals surface area contributed by atoms with Crippen LogP contribution < -0.4 is 4.57 Å². The lowest BCUT2D eigenvalue weighted by atomic mass is 10.1. The van der Waals surface area contributed by atoms with Gasteiger partial charge in [-0.25, -0.2) is 22.3 Å². The number of hydrogen-bond acceptors (Lipinski definition) is 6. The van der Waals surface area contributed by atoms with Gasteiger partial charge in [-0.05, 0) is 12.8 Å². The molecule has 0 aliphatic rings. The van der Waals surface area contributed by atoms with Crippen LogP contribution in [0.3, 0.4) is 0 Å². The van der Waals surface area contributed by atoms with E-state index in [1.807, 2.05) is 42.4 Å². The SMILES string of the molecule is CCCCCCCCOS(=O)(=O)[O-].CCCOC(=O)Cn1cc[n+](C)c1C. The molecule has 0 saturated carbocycles. The molecular weight excluding hydrogens is 372 g/mol. The van der Waals surface area contributed by atoms with Gasteiger partial charge < -0.3 is 9.29 Å². The first-order valence-electron chi connectivity index (χ1n) is 9.48. The number of carbonyl (C=O) groups is 1. The number of rotatable bonds is 12. The second kappa shape index (κ2) is 14.6. The topological polar surface area (TPSA) is 102 Å². The van der Waals surface area contributed by atoms with E-state index in [2.05, 4.69) is 11.1 Å². The standard InChI is InChI=1S/C10H17N2O2.C8H18O4S/c1-4-7-14-10(13)8-12-6-5-11(3)9(12)2;1-2-3-4-5-6-7-8-12-13(9,10)11/h5-6H,4,7-8H2,1-3H3;2-8H2,1H3,(H,9,10,11)/q+1;/p-1. The van der Waals surface area contributed by atoms with Crippen LogP contribution in [0.5, 0.6) is 0 Å². The number of hydrogen-bond donors (Lipinski definition) is 0. The molecule has 0 spiro atoms. The fraction of sp³-hybridized carbons (Fsp3) is 0.778. The van der Waals surface area contributed by atoms with Crippen LogP contribution in [-0.2, 0) is 37.7 Å². The summed E-state index contributed by atoms with van der Waals surface area (Å²) < 4.78 is 42.8. The Morgan fingerprint density at radius 2 is 1.74 bits per heavy atom. The Hall–Kier alpha value is -1.45. The van der Waals surface area contributed by atoms with E-state index < -0.39 is 10.4 Å². The van der Waals surface area contributed by atoms with Gasteiger partial charge in [0.05, 0.1) is 20.3 Å². The second-order valence-corrected chi connectivity index (χ2v) is 7.35. The van der Waals surface area contributed by atoms with Gasteiger partial charge in [0.2, 0.25) is 10.4 Å². The quantitative estimate of drug-likeness (QED) is 0.174. The number of carbonyl (C=O) groups excluding carboxylic acids is 1. The Balaban J connectivity index is 0.000000503. The zero-order valence-corrected chi connectivity index (χ0v) is 17.8. The van der Waals surface area contributed by atoms with Crippen LogP contribution >= 0.6 is 0 Å². The molecule has 1 rings (SSSR count). The molecule has 158 valence electrons. The monoisotopic (exact) mass is 406 g/mol. The van der Waals surface area contributed by atoms with Gasteiger partial charge in [0.15, 0.2) is 6.54 Å². The Labute approximate surface area is 163 Å². The summed E-state index contributed by atoms with van der Waals surface area (Å²) in [6.07, 6.45) is 10.9. The Morgan fingerprint density at radius 3 is 2.26 bits per heavy atom. The van der Waals surface area contributed by atoms with E-state index in [1.165, 1.54) is 19.3 Å². The minimum absolute atomic E-state index is 0.0258. The number of imidazole rings is 1. The van der Waals surface area contributed by atoms with Gasteiger partial charge in [-0.15, -0.1) is 0 Å². The molecule has 27 heavy (non-hydrogen) atoms. The maximum atomic E-state index is 11.3. The van der Waals surface area contributed by atoms with Crippen molar-refractivity contribution in [3.05, 3.63) is 18.2 Å². The highest BCUT2D eigenvalue weighted by Crippen LogP contribution is 2.05. The maximum absolute atomic E-state index is 11.3. The predicted molar refractivity (Wildman–Crippen MR) is 101 cm³/mol. The summed E-state index contributed by atoms with van der Waals surface area (Å²) in [5.41, 5.74) is 0. The van der Waals surface area contributed by atoms with Gasteiger partial charge in [0.1, 0.15) is 12.4 Å². The van der Waals surface area contributed by atoms with E-state index in [0.717, 1.165) is 25.1 Å². The fourth-order valence-electron chi connectivity index (χ4n) is 2.21. The van der Waals surface area contributed by atoms with Crippen LogP contribution in [0.4, 0.5) is 0 Å². The largest absolute Gasteiger partial charge is 0.726 e. The Kier molecular flexibility index (Phi) is 13.8. The Bertz CT molecular complexity index is 628. The summed E-state index contributed by atoms with van der Waals surface area (Å²) in [7, 11) is -2.52. The highest BCUT2D eigenvalue weighted by atomic mass is 32.3. The first-order chi connectivity index (χ1) is 12.7. The summed E-state index contributed by atoms with van der Waals surface area (Å²) in [4.78, 5) is 11.3. The molecule has 0 amide bonds. The van der Waals surface area contributed by atoms with Crippen LogP contribution in [0.2, 0.25) is 0 Å². The highest BCUT2D eigenvalue weighted by molar-refractivity contribution is 7.80. The highest BCUT2D eigenvalue weighted by Gasteiger charge is 2.13. The van der Waals surface area contributed by atoms with Crippen molar-refractivity contribution >= 4 is 16.4 Å². The third-order valence-corrected chi connectivity index (χ3v) is 4.34. The molecule has 0 saturated heterocycles. The minimum Gasteiger partial charge on any atom is -0.726 e. The lowest BCUT2D eigenvalue weighted by Gasteiger charge is -2.06. The number of nitrogens with zero attached hydrogens (tertiary/aromatic N) is 2. The molecule has 9 heteroatoms. The van der Waals surface area contributed by atoms with E-state index in [1.54, 1.807) is 0 Å². The number of esters is 1. The molecule has 1 aromatic rings. The fourth-order valence-corrected chi connectivity index (χ4v) is 2.53. The van der Waals surface area contributed by atoms with Crippen molar-refractivity contribution in [3.8, 4) is 0 Å². The van der Waals surface area contributed by atoms with E-state index >= 15 is 0 Å². The molecule has 1 heterocycles. The number of aryl methyl sites for hydroxylation is 1. The average molecular weight is 407 g/mol. The molecule has 0 aromatic carbocycles. The van der Waals surface area contributed by atoms with E-state index in [4.69, 9.17) is 4.74 Å². The third-order valence-electron chi connectivity index (χ3n) is 3.89. The lowest BCUT2D eigenvalue weighted by molar-refractivity contribution is -0.677. The third kappa shape index (κ3) is 14.3. The summed E-state index contributed by atoms with van der Waals surface area (Å²) in [5.74, 6) is 0.865. The molecule has 0 bridgehead atoms. The molecule has 1 aromatic heterocycles. The van der Waals surface area contributed by atoms with Crippen molar-refractivity contribution in [1.29, 1.82) is 0 Å². The molecule has 0 aliphatic carbocycles. The normalized spacial score (nSPS) is 11.0. The van der Waals surface area contributed by atoms with Crippen molar-refractivity contribution in [1.82, 2.24) is 4.57 Å². The molecule has 0 aliphatic heterocycles. The minimum atomic E-state index is -4.47. The van der Waals surface area contributed by atoms with Crippen LogP contribution in [-0.4, -0.2) is 36.7 Å². The number of unbranched alkanes of at least 4 members (excludes halogenated alkanes) is 5. The summed E-state index contributed by atoms with van der Waals surface area (Å²) in [6.45, 7) is 6.91. The lowest BCUT2D eigenvalue weighted by Crippen LogP contribution is -2.30. The second-order valence-electron chi connectivity index (χ2n) is 6.30. The van der Waals surface area contributed by atoms with Gasteiger partial charge in [0.25, 0.3) is 5.82 Å². The van der Waals surface area contributed by atoms with E-state index in [-0.39, 0.29) is 12.6 Å². The molecule has 0 unspecified atom stereocenters. The van der Waals surface area contributed by atoms with E-state index in [9.17, 15) is 17.8 Å². The number of aromatic nitrogens is 2. The zero-order chi connectivity index (χ0) is 20.7. The van der Waals surface area contributed by atoms with Crippen molar-refractivity contribution in [3.63, 3.8) is 0 Å². The maximum Gasteiger partial charge on any atom is 0.348 e. The van der Waals surface area contributed by atoms with Crippen molar-refractivity contribution in [2.75, 3.05) is 13.2 Å². The zero-order valence-electron chi connectivity index (χ0n) is 17.0. The van der Waals surface area contributed by atoms with Crippen LogP contribution in [0.25, 0.3) is 0 Å². The molecule has 8 nitrogen and oxygen atoms in total. The van der Waals surface area contributed by atoms with Gasteiger partial charge >= 0.3 is 5.97 Å². The van der Waals surface area contributed by atoms with Crippen molar-refractivity contribution in [2.24, 2.45) is 7.05 Å². The molecular formula is C18H34N2O6S. The van der Waals surface area contributed by atoms with Crippen molar-refractivity contribution < 1.29 is 31.3 Å². The molecule has 0 atom stereocenters. The van der Waals surface area contributed by atoms with Gasteiger partial charge in [-0.3, -0.25) is 4.18 Å². The smallest absolute Gasteiger partial charge is 0.348 e. The van der Waals surface area contributed by atoms with E-state index in [0.29, 0.717) is 19.6 Å². The van der Waals surface area contributed by atoms with Gasteiger partial charge in [-0.1, -0.05) is 46.0 Å². The Morgan fingerprint density at radius 1 is 1.11 bits per heavy atom. The summed E-state index contributed by atoms with van der Waals surface area (Å²) in [6, 6.07) is 0. The summed E-state index contributed by atoms with van der Waals surface area (Å²) in [5, 5.41) is 0. The summed E-state index contributed by atoms with van der Waals surface area (Å²) >= 11 is 0. The van der Waals surface area contributed by atoms with Crippen LogP contribution in [0.1, 0.15) is 64.6 Å². The molecule has 0 radical (unpaired) electrons. The predicted octanol–water partition coefficient (Wildman–Crippen LogP) is 2.40. The van der Waals surface area contributed by atoms with Crippen LogP contribution in [0, 0.1) is 6.92 Å². The first kappa shape index (κ1) is 25.6. The van der Waals surface area contributed by atoms with Crippen molar-refractivity contribution in [2.45, 2.75) is 72.3 Å². The molecule has 0 N–H and O–H groups in total. The van der Waals surface area contributed by atoms with Crippen LogP contribution in [0.15, 0.2) is 12.4 Å².